The largest absolute Gasteiger partial charge is 0.379 e. The van der Waals surface area contributed by atoms with Gasteiger partial charge in [-0.3, -0.25) is 4.79 Å². The number of carbonyl (C=O) groups excluding carboxylic acids is 1. The molecule has 66 valence electrons. The highest BCUT2D eigenvalue weighted by Gasteiger charge is 2.11. The number of likely N-dealkylation sites (N-methyl/N-ethyl adjacent to an activating group) is 1. The van der Waals surface area contributed by atoms with Gasteiger partial charge in [-0.05, 0) is 13.5 Å². The van der Waals surface area contributed by atoms with E-state index in [2.05, 4.69) is 5.32 Å². The quantitative estimate of drug-likeness (QED) is 0.514. The third-order valence-corrected chi connectivity index (χ3v) is 1.32. The van der Waals surface area contributed by atoms with Crippen LogP contribution in [0.15, 0.2) is 0 Å². The first kappa shape index (κ1) is 10.4. The van der Waals surface area contributed by atoms with Gasteiger partial charge in [0.05, 0.1) is 6.61 Å². The summed E-state index contributed by atoms with van der Waals surface area (Å²) >= 11 is 0. The van der Waals surface area contributed by atoms with Crippen LogP contribution in [0.2, 0.25) is 0 Å². The van der Waals surface area contributed by atoms with Crippen molar-refractivity contribution in [3.63, 3.8) is 0 Å². The number of primary amides is 1. The van der Waals surface area contributed by atoms with Crippen molar-refractivity contribution in [2.24, 2.45) is 5.73 Å². The number of carbonyl (C=O) groups is 1. The molecule has 4 nitrogen and oxygen atoms in total. The Labute approximate surface area is 67.1 Å². The molecule has 1 amide bonds. The maximum absolute atomic E-state index is 10.6. The molecule has 4 heteroatoms. The van der Waals surface area contributed by atoms with E-state index < -0.39 is 0 Å². The zero-order valence-electron chi connectivity index (χ0n) is 7.09. The smallest absolute Gasteiger partial charge is 0.236 e. The fourth-order valence-corrected chi connectivity index (χ4v) is 0.653. The van der Waals surface area contributed by atoms with Gasteiger partial charge in [-0.15, -0.1) is 0 Å². The van der Waals surface area contributed by atoms with Crippen molar-refractivity contribution in [1.29, 1.82) is 0 Å². The van der Waals surface area contributed by atoms with Crippen LogP contribution in [-0.4, -0.2) is 32.2 Å². The minimum atomic E-state index is -0.372. The number of ether oxygens (including phenoxy) is 1. The Morgan fingerprint density at radius 1 is 1.73 bits per heavy atom. The third kappa shape index (κ3) is 4.75. The SMILES string of the molecule is CCCOCC(NC)C(N)=O. The molecule has 0 rings (SSSR count). The molecular formula is C7H16N2O2. The van der Waals surface area contributed by atoms with Gasteiger partial charge in [0.15, 0.2) is 0 Å². The number of hydrogen-bond donors (Lipinski definition) is 2. The zero-order chi connectivity index (χ0) is 8.69. The van der Waals surface area contributed by atoms with Gasteiger partial charge in [-0.25, -0.2) is 0 Å². The molecule has 0 heterocycles. The Morgan fingerprint density at radius 2 is 2.36 bits per heavy atom. The number of nitrogens with one attached hydrogen (secondary N) is 1. The second kappa shape index (κ2) is 6.12. The highest BCUT2D eigenvalue weighted by molar-refractivity contribution is 5.79. The van der Waals surface area contributed by atoms with Crippen LogP contribution < -0.4 is 11.1 Å². The van der Waals surface area contributed by atoms with Gasteiger partial charge in [0.25, 0.3) is 0 Å². The summed E-state index contributed by atoms with van der Waals surface area (Å²) in [6.45, 7) is 3.05. The lowest BCUT2D eigenvalue weighted by molar-refractivity contribution is -0.121. The molecule has 0 aliphatic rings. The summed E-state index contributed by atoms with van der Waals surface area (Å²) in [6, 6.07) is -0.360. The maximum atomic E-state index is 10.6. The number of nitrogens with two attached hydrogens (primary N) is 1. The molecule has 11 heavy (non-hydrogen) atoms. The van der Waals surface area contributed by atoms with E-state index >= 15 is 0 Å². The van der Waals surface area contributed by atoms with E-state index in [1.807, 2.05) is 6.92 Å². The van der Waals surface area contributed by atoms with Gasteiger partial charge >= 0.3 is 0 Å². The predicted octanol–water partition coefficient (Wildman–Crippen LogP) is -0.514. The fourth-order valence-electron chi connectivity index (χ4n) is 0.653. The van der Waals surface area contributed by atoms with Crippen LogP contribution in [0.25, 0.3) is 0 Å². The lowest BCUT2D eigenvalue weighted by atomic mass is 10.3. The second-order valence-corrected chi connectivity index (χ2v) is 2.32. The average molecular weight is 160 g/mol. The Morgan fingerprint density at radius 3 is 2.73 bits per heavy atom. The Hall–Kier alpha value is -0.610. The second-order valence-electron chi connectivity index (χ2n) is 2.32. The first-order valence-corrected chi connectivity index (χ1v) is 3.76. The van der Waals surface area contributed by atoms with E-state index in [1.165, 1.54) is 0 Å². The predicted molar refractivity (Wildman–Crippen MR) is 43.2 cm³/mol. The molecule has 0 bridgehead atoms. The van der Waals surface area contributed by atoms with Crippen LogP contribution in [0.3, 0.4) is 0 Å². The molecule has 1 atom stereocenters. The highest BCUT2D eigenvalue weighted by Crippen LogP contribution is 1.85. The number of hydrogen-bond acceptors (Lipinski definition) is 3. The average Bonchev–Trinajstić information content (AvgIpc) is 1.97. The maximum Gasteiger partial charge on any atom is 0.236 e. The summed E-state index contributed by atoms with van der Waals surface area (Å²) in [5.74, 6) is -0.372. The lowest BCUT2D eigenvalue weighted by Gasteiger charge is -2.11. The summed E-state index contributed by atoms with van der Waals surface area (Å²) in [6.07, 6.45) is 0.954. The third-order valence-electron chi connectivity index (χ3n) is 1.32. The Bertz CT molecular complexity index is 117. The Balaban J connectivity index is 3.44. The van der Waals surface area contributed by atoms with E-state index in [-0.39, 0.29) is 11.9 Å². The molecule has 3 N–H and O–H groups in total. The van der Waals surface area contributed by atoms with Crippen LogP contribution >= 0.6 is 0 Å². The molecule has 0 fully saturated rings. The van der Waals surface area contributed by atoms with Crippen LogP contribution in [0.1, 0.15) is 13.3 Å². The van der Waals surface area contributed by atoms with Crippen LogP contribution in [0.5, 0.6) is 0 Å². The van der Waals surface area contributed by atoms with Crippen molar-refractivity contribution in [3.05, 3.63) is 0 Å². The first-order valence-electron chi connectivity index (χ1n) is 3.76. The molecule has 0 aromatic heterocycles. The first-order chi connectivity index (χ1) is 5.22. The molecule has 0 aliphatic carbocycles. The molecule has 1 unspecified atom stereocenters. The van der Waals surface area contributed by atoms with E-state index in [0.29, 0.717) is 13.2 Å². The number of amides is 1. The monoisotopic (exact) mass is 160 g/mol. The standard InChI is InChI=1S/C7H16N2O2/c1-3-4-11-5-6(9-2)7(8)10/h6,9H,3-5H2,1-2H3,(H2,8,10). The van der Waals surface area contributed by atoms with E-state index in [4.69, 9.17) is 10.5 Å². The van der Waals surface area contributed by atoms with Crippen LogP contribution in [-0.2, 0) is 9.53 Å². The van der Waals surface area contributed by atoms with Gasteiger partial charge in [0, 0.05) is 6.61 Å². The highest BCUT2D eigenvalue weighted by atomic mass is 16.5. The van der Waals surface area contributed by atoms with Crippen molar-refractivity contribution in [1.82, 2.24) is 5.32 Å². The van der Waals surface area contributed by atoms with Gasteiger partial charge in [-0.2, -0.15) is 0 Å². The van der Waals surface area contributed by atoms with Crippen molar-refractivity contribution < 1.29 is 9.53 Å². The summed E-state index contributed by atoms with van der Waals surface area (Å²) in [5.41, 5.74) is 5.05. The molecule has 0 radical (unpaired) electrons. The minimum Gasteiger partial charge on any atom is -0.379 e. The van der Waals surface area contributed by atoms with Crippen LogP contribution in [0, 0.1) is 0 Å². The van der Waals surface area contributed by atoms with Gasteiger partial charge in [0.1, 0.15) is 6.04 Å². The molecule has 0 aliphatic heterocycles. The number of rotatable bonds is 6. The molecule has 0 spiro atoms. The summed E-state index contributed by atoms with van der Waals surface area (Å²) in [5, 5.41) is 2.76. The van der Waals surface area contributed by atoms with Gasteiger partial charge < -0.3 is 15.8 Å². The normalized spacial score (nSPS) is 12.9. The van der Waals surface area contributed by atoms with E-state index in [0.717, 1.165) is 6.42 Å². The van der Waals surface area contributed by atoms with Crippen LogP contribution in [0.4, 0.5) is 0 Å². The van der Waals surface area contributed by atoms with Crippen molar-refractivity contribution in [2.75, 3.05) is 20.3 Å². The Kier molecular flexibility index (Phi) is 5.78. The van der Waals surface area contributed by atoms with Crippen molar-refractivity contribution in [2.45, 2.75) is 19.4 Å². The summed E-state index contributed by atoms with van der Waals surface area (Å²) in [7, 11) is 1.69. The van der Waals surface area contributed by atoms with Crippen molar-refractivity contribution >= 4 is 5.91 Å². The fraction of sp³-hybridized carbons (Fsp3) is 0.857. The minimum absolute atomic E-state index is 0.360. The molecule has 0 aromatic rings. The molecule has 0 saturated heterocycles. The summed E-state index contributed by atoms with van der Waals surface area (Å²) in [4.78, 5) is 10.6. The topological polar surface area (TPSA) is 64.3 Å². The molecule has 0 aromatic carbocycles. The zero-order valence-corrected chi connectivity index (χ0v) is 7.09. The molecule has 0 saturated carbocycles. The van der Waals surface area contributed by atoms with Gasteiger partial charge in [-0.1, -0.05) is 6.92 Å². The lowest BCUT2D eigenvalue weighted by Crippen LogP contribution is -2.42. The summed E-state index contributed by atoms with van der Waals surface area (Å²) < 4.78 is 5.13. The molecular weight excluding hydrogens is 144 g/mol. The van der Waals surface area contributed by atoms with E-state index in [9.17, 15) is 4.79 Å². The van der Waals surface area contributed by atoms with E-state index in [1.54, 1.807) is 7.05 Å². The van der Waals surface area contributed by atoms with Gasteiger partial charge in [0.2, 0.25) is 5.91 Å². The van der Waals surface area contributed by atoms with Crippen molar-refractivity contribution in [3.8, 4) is 0 Å².